The Balaban J connectivity index is 1.98. The highest BCUT2D eigenvalue weighted by atomic mass is 32.2. The van der Waals surface area contributed by atoms with Crippen LogP contribution in [0.15, 0.2) is 53.4 Å². The zero-order valence-electron chi connectivity index (χ0n) is 16.1. The van der Waals surface area contributed by atoms with Crippen molar-refractivity contribution in [3.8, 4) is 0 Å². The third-order valence-electron chi connectivity index (χ3n) is 3.93. The zero-order chi connectivity index (χ0) is 22.5. The number of carbonyl (C=O) groups excluding carboxylic acids is 2. The monoisotopic (exact) mass is 443 g/mol. The molecular weight excluding hydrogens is 423 g/mol. The smallest absolute Gasteiger partial charge is 0.351 e. The van der Waals surface area contributed by atoms with E-state index in [9.17, 15) is 31.2 Å². The number of hydrogen-bond donors (Lipinski definition) is 3. The molecule has 0 fully saturated rings. The average molecular weight is 443 g/mol. The summed E-state index contributed by atoms with van der Waals surface area (Å²) in [6.45, 7) is 2.43. The predicted molar refractivity (Wildman–Crippen MR) is 104 cm³/mol. The van der Waals surface area contributed by atoms with Crippen molar-refractivity contribution in [1.82, 2.24) is 10.0 Å². The van der Waals surface area contributed by atoms with Gasteiger partial charge < -0.3 is 10.6 Å². The van der Waals surface area contributed by atoms with Gasteiger partial charge in [0, 0.05) is 19.2 Å². The first-order valence-electron chi connectivity index (χ1n) is 8.72. The maximum Gasteiger partial charge on any atom is 0.416 e. The van der Waals surface area contributed by atoms with Gasteiger partial charge in [-0.25, -0.2) is 8.42 Å². The molecule has 7 nitrogen and oxygen atoms in total. The second-order valence-corrected chi connectivity index (χ2v) is 8.18. The number of benzene rings is 2. The molecule has 3 N–H and O–H groups in total. The minimum atomic E-state index is -4.50. The number of amides is 2. The molecule has 11 heteroatoms. The predicted octanol–water partition coefficient (Wildman–Crippen LogP) is 2.65. The first-order chi connectivity index (χ1) is 13.9. The van der Waals surface area contributed by atoms with E-state index in [-0.39, 0.29) is 22.9 Å². The summed E-state index contributed by atoms with van der Waals surface area (Å²) in [4.78, 5) is 23.1. The molecule has 0 aromatic heterocycles. The van der Waals surface area contributed by atoms with Crippen LogP contribution < -0.4 is 15.4 Å². The lowest BCUT2D eigenvalue weighted by molar-refractivity contribution is -0.137. The molecule has 0 unspecified atom stereocenters. The minimum absolute atomic E-state index is 0.117. The van der Waals surface area contributed by atoms with E-state index in [1.54, 1.807) is 0 Å². The number of alkyl halides is 3. The Morgan fingerprint density at radius 1 is 1.07 bits per heavy atom. The van der Waals surface area contributed by atoms with Crippen LogP contribution in [0.25, 0.3) is 0 Å². The highest BCUT2D eigenvalue weighted by Crippen LogP contribution is 2.29. The van der Waals surface area contributed by atoms with Crippen LogP contribution in [0.1, 0.15) is 25.0 Å². The number of hydrogen-bond acceptors (Lipinski definition) is 4. The average Bonchev–Trinajstić information content (AvgIpc) is 2.65. The van der Waals surface area contributed by atoms with Crippen molar-refractivity contribution < 1.29 is 31.2 Å². The summed E-state index contributed by atoms with van der Waals surface area (Å²) >= 11 is 0. The number of carbonyl (C=O) groups is 2. The summed E-state index contributed by atoms with van der Waals surface area (Å²) in [6.07, 6.45) is -4.50. The zero-order valence-corrected chi connectivity index (χ0v) is 16.9. The van der Waals surface area contributed by atoms with Gasteiger partial charge in [0.1, 0.15) is 0 Å². The molecule has 0 spiro atoms. The van der Waals surface area contributed by atoms with Crippen molar-refractivity contribution in [1.29, 1.82) is 0 Å². The lowest BCUT2D eigenvalue weighted by Crippen LogP contribution is -2.44. The highest BCUT2D eigenvalue weighted by Gasteiger charge is 2.30. The summed E-state index contributed by atoms with van der Waals surface area (Å²) in [6, 6.07) is 8.62. The summed E-state index contributed by atoms with van der Waals surface area (Å²) in [7, 11) is -4.03. The van der Waals surface area contributed by atoms with Crippen molar-refractivity contribution in [3.63, 3.8) is 0 Å². The van der Waals surface area contributed by atoms with E-state index in [0.717, 1.165) is 12.1 Å². The standard InChI is InChI=1S/C19H20F3N3O4S/c1-12(18(27)23-11-14-4-3-5-15(10-14)19(20,21)22)25-30(28,29)17-8-6-16(7-9-17)24-13(2)26/h3-10,12,25H,11H2,1-2H3,(H,23,27)(H,24,26)/t12-/m0/s1. The van der Waals surface area contributed by atoms with Gasteiger partial charge in [-0.2, -0.15) is 17.9 Å². The normalized spacial score (nSPS) is 12.8. The van der Waals surface area contributed by atoms with Crippen LogP contribution in [-0.4, -0.2) is 26.3 Å². The van der Waals surface area contributed by atoms with Crippen molar-refractivity contribution in [2.24, 2.45) is 0 Å². The number of anilines is 1. The van der Waals surface area contributed by atoms with E-state index in [1.807, 2.05) is 0 Å². The number of rotatable bonds is 7. The highest BCUT2D eigenvalue weighted by molar-refractivity contribution is 7.89. The summed E-state index contributed by atoms with van der Waals surface area (Å²) in [5.41, 5.74) is -0.208. The maximum atomic E-state index is 12.7. The topological polar surface area (TPSA) is 104 Å². The minimum Gasteiger partial charge on any atom is -0.351 e. The first kappa shape index (κ1) is 23.4. The molecule has 2 aromatic rings. The van der Waals surface area contributed by atoms with E-state index in [0.29, 0.717) is 5.69 Å². The van der Waals surface area contributed by atoms with Gasteiger partial charge in [-0.1, -0.05) is 12.1 Å². The van der Waals surface area contributed by atoms with Gasteiger partial charge in [-0.05, 0) is 48.9 Å². The molecule has 162 valence electrons. The molecule has 0 aliphatic carbocycles. The van der Waals surface area contributed by atoms with E-state index in [1.165, 1.54) is 50.2 Å². The molecule has 0 heterocycles. The van der Waals surface area contributed by atoms with Crippen LogP contribution in [0.2, 0.25) is 0 Å². The van der Waals surface area contributed by atoms with Crippen LogP contribution in [0.4, 0.5) is 18.9 Å². The third-order valence-corrected chi connectivity index (χ3v) is 5.49. The summed E-state index contributed by atoms with van der Waals surface area (Å²) in [5.74, 6) is -1.01. The Morgan fingerprint density at radius 2 is 1.70 bits per heavy atom. The molecular formula is C19H20F3N3O4S. The molecule has 0 bridgehead atoms. The molecule has 0 aliphatic heterocycles. The summed E-state index contributed by atoms with van der Waals surface area (Å²) < 4.78 is 65.2. The molecule has 2 rings (SSSR count). The fraction of sp³-hybridized carbons (Fsp3) is 0.263. The fourth-order valence-corrected chi connectivity index (χ4v) is 3.68. The Kier molecular flexibility index (Phi) is 7.21. The third kappa shape index (κ3) is 6.56. The van der Waals surface area contributed by atoms with Crippen LogP contribution in [-0.2, 0) is 32.3 Å². The van der Waals surface area contributed by atoms with Gasteiger partial charge in [-0.3, -0.25) is 9.59 Å². The molecule has 0 saturated heterocycles. The van der Waals surface area contributed by atoms with Crippen LogP contribution >= 0.6 is 0 Å². The Bertz CT molecular complexity index is 1020. The number of halogens is 3. The fourth-order valence-electron chi connectivity index (χ4n) is 2.47. The Hall–Kier alpha value is -2.92. The lowest BCUT2D eigenvalue weighted by atomic mass is 10.1. The van der Waals surface area contributed by atoms with Crippen LogP contribution in [0.5, 0.6) is 0 Å². The molecule has 1 atom stereocenters. The van der Waals surface area contributed by atoms with E-state index in [4.69, 9.17) is 0 Å². The molecule has 2 amide bonds. The second kappa shape index (κ2) is 9.26. The first-order valence-corrected chi connectivity index (χ1v) is 10.2. The maximum absolute atomic E-state index is 12.7. The van der Waals surface area contributed by atoms with Crippen LogP contribution in [0.3, 0.4) is 0 Å². The largest absolute Gasteiger partial charge is 0.416 e. The van der Waals surface area contributed by atoms with Gasteiger partial charge in [0.15, 0.2) is 0 Å². The molecule has 0 radical (unpaired) electrons. The van der Waals surface area contributed by atoms with Gasteiger partial charge in [-0.15, -0.1) is 0 Å². The van der Waals surface area contributed by atoms with Crippen molar-refractivity contribution in [2.75, 3.05) is 5.32 Å². The van der Waals surface area contributed by atoms with E-state index in [2.05, 4.69) is 15.4 Å². The molecule has 0 saturated carbocycles. The lowest BCUT2D eigenvalue weighted by Gasteiger charge is -2.15. The van der Waals surface area contributed by atoms with Crippen molar-refractivity contribution >= 4 is 27.5 Å². The van der Waals surface area contributed by atoms with E-state index >= 15 is 0 Å². The van der Waals surface area contributed by atoms with Gasteiger partial charge in [0.25, 0.3) is 0 Å². The van der Waals surface area contributed by atoms with Gasteiger partial charge >= 0.3 is 6.18 Å². The Morgan fingerprint density at radius 3 is 2.27 bits per heavy atom. The van der Waals surface area contributed by atoms with Crippen molar-refractivity contribution in [2.45, 2.75) is 37.5 Å². The van der Waals surface area contributed by atoms with Gasteiger partial charge in [0.05, 0.1) is 16.5 Å². The van der Waals surface area contributed by atoms with Crippen molar-refractivity contribution in [3.05, 3.63) is 59.7 Å². The molecule has 2 aromatic carbocycles. The van der Waals surface area contributed by atoms with Gasteiger partial charge in [0.2, 0.25) is 21.8 Å². The van der Waals surface area contributed by atoms with E-state index < -0.39 is 33.7 Å². The molecule has 30 heavy (non-hydrogen) atoms. The Labute approximate surface area is 171 Å². The summed E-state index contributed by atoms with van der Waals surface area (Å²) in [5, 5.41) is 4.90. The quantitative estimate of drug-likeness (QED) is 0.612. The second-order valence-electron chi connectivity index (χ2n) is 6.46. The number of nitrogens with one attached hydrogen (secondary N) is 3. The SMILES string of the molecule is CC(=O)Nc1ccc(S(=O)(=O)N[C@@H](C)C(=O)NCc2cccc(C(F)(F)F)c2)cc1. The number of sulfonamides is 1. The van der Waals surface area contributed by atoms with Crippen LogP contribution in [0, 0.1) is 0 Å². The molecule has 0 aliphatic rings.